The van der Waals surface area contributed by atoms with E-state index in [-0.39, 0.29) is 11.7 Å². The molecule has 13 heavy (non-hydrogen) atoms. The first-order valence-corrected chi connectivity index (χ1v) is 4.22. The van der Waals surface area contributed by atoms with E-state index < -0.39 is 0 Å². The molecule has 3 nitrogen and oxygen atoms in total. The Bertz CT molecular complexity index is 256. The van der Waals surface area contributed by atoms with Gasteiger partial charge in [-0.05, 0) is 12.8 Å². The third-order valence-corrected chi connectivity index (χ3v) is 2.19. The summed E-state index contributed by atoms with van der Waals surface area (Å²) in [6.07, 6.45) is 6.76. The SMILES string of the molecule is C=CCC1OC1(CC=C)CN=C=O. The summed E-state index contributed by atoms with van der Waals surface area (Å²) in [6, 6.07) is 0. The summed E-state index contributed by atoms with van der Waals surface area (Å²) < 4.78 is 5.47. The molecule has 1 fully saturated rings. The molecule has 1 aliphatic heterocycles. The molecule has 1 saturated heterocycles. The van der Waals surface area contributed by atoms with E-state index in [9.17, 15) is 4.79 Å². The molecule has 2 atom stereocenters. The lowest BCUT2D eigenvalue weighted by Crippen LogP contribution is -2.18. The molecule has 70 valence electrons. The predicted molar refractivity (Wildman–Crippen MR) is 50.2 cm³/mol. The zero-order chi connectivity index (χ0) is 9.73. The van der Waals surface area contributed by atoms with Gasteiger partial charge in [-0.3, -0.25) is 0 Å². The van der Waals surface area contributed by atoms with Gasteiger partial charge in [0.1, 0.15) is 5.60 Å². The van der Waals surface area contributed by atoms with Crippen LogP contribution < -0.4 is 0 Å². The molecule has 0 N–H and O–H groups in total. The summed E-state index contributed by atoms with van der Waals surface area (Å²) in [5.74, 6) is 0. The quantitative estimate of drug-likeness (QED) is 0.269. The number of rotatable bonds is 6. The second-order valence-corrected chi connectivity index (χ2v) is 3.10. The van der Waals surface area contributed by atoms with Crippen LogP contribution in [0, 0.1) is 0 Å². The monoisotopic (exact) mass is 179 g/mol. The van der Waals surface area contributed by atoms with Crippen molar-refractivity contribution >= 4 is 6.08 Å². The molecule has 1 aliphatic rings. The average molecular weight is 179 g/mol. The van der Waals surface area contributed by atoms with Gasteiger partial charge in [-0.2, -0.15) is 0 Å². The van der Waals surface area contributed by atoms with Gasteiger partial charge in [0.2, 0.25) is 6.08 Å². The van der Waals surface area contributed by atoms with Gasteiger partial charge in [0.05, 0.1) is 12.6 Å². The Morgan fingerprint density at radius 3 is 2.85 bits per heavy atom. The largest absolute Gasteiger partial charge is 0.363 e. The van der Waals surface area contributed by atoms with Gasteiger partial charge in [-0.1, -0.05) is 12.2 Å². The van der Waals surface area contributed by atoms with Crippen molar-refractivity contribution in [3.63, 3.8) is 0 Å². The first-order chi connectivity index (χ1) is 6.29. The van der Waals surface area contributed by atoms with Crippen LogP contribution in [0.15, 0.2) is 30.3 Å². The Balaban J connectivity index is 2.53. The van der Waals surface area contributed by atoms with Crippen LogP contribution in [-0.2, 0) is 9.53 Å². The number of ether oxygens (including phenoxy) is 1. The van der Waals surface area contributed by atoms with E-state index in [1.54, 1.807) is 12.2 Å². The number of carbonyl (C=O) groups excluding carboxylic acids is 1. The van der Waals surface area contributed by atoms with Crippen molar-refractivity contribution < 1.29 is 9.53 Å². The minimum absolute atomic E-state index is 0.139. The fourth-order valence-corrected chi connectivity index (χ4v) is 1.46. The van der Waals surface area contributed by atoms with Crippen molar-refractivity contribution in [2.24, 2.45) is 4.99 Å². The molecule has 0 bridgehead atoms. The number of hydrogen-bond acceptors (Lipinski definition) is 3. The Kier molecular flexibility index (Phi) is 3.18. The van der Waals surface area contributed by atoms with Crippen molar-refractivity contribution in [2.75, 3.05) is 6.54 Å². The average Bonchev–Trinajstić information content (AvgIpc) is 2.78. The van der Waals surface area contributed by atoms with Gasteiger partial charge < -0.3 is 4.74 Å². The molecule has 0 spiro atoms. The number of nitrogens with zero attached hydrogens (tertiary/aromatic N) is 1. The molecule has 3 heteroatoms. The van der Waals surface area contributed by atoms with Crippen molar-refractivity contribution in [1.29, 1.82) is 0 Å². The third kappa shape index (κ3) is 2.14. The molecule has 0 aromatic rings. The van der Waals surface area contributed by atoms with Gasteiger partial charge in [0, 0.05) is 0 Å². The summed E-state index contributed by atoms with van der Waals surface area (Å²) in [4.78, 5) is 13.5. The van der Waals surface area contributed by atoms with Gasteiger partial charge in [0.15, 0.2) is 0 Å². The molecular weight excluding hydrogens is 166 g/mol. The maximum Gasteiger partial charge on any atom is 0.235 e. The van der Waals surface area contributed by atoms with E-state index in [1.807, 2.05) is 0 Å². The van der Waals surface area contributed by atoms with Crippen LogP contribution in [0.1, 0.15) is 12.8 Å². The Labute approximate surface area is 77.8 Å². The maximum atomic E-state index is 9.95. The fourth-order valence-electron chi connectivity index (χ4n) is 1.46. The van der Waals surface area contributed by atoms with Gasteiger partial charge in [0.25, 0.3) is 0 Å². The summed E-state index contributed by atoms with van der Waals surface area (Å²) >= 11 is 0. The molecule has 0 aliphatic carbocycles. The zero-order valence-electron chi connectivity index (χ0n) is 7.53. The maximum absolute atomic E-state index is 9.95. The van der Waals surface area contributed by atoms with Gasteiger partial charge >= 0.3 is 0 Å². The lowest BCUT2D eigenvalue weighted by molar-refractivity contribution is 0.299. The topological polar surface area (TPSA) is 42.0 Å². The minimum atomic E-state index is -0.298. The van der Waals surface area contributed by atoms with Gasteiger partial charge in [-0.15, -0.1) is 13.2 Å². The Morgan fingerprint density at radius 2 is 2.31 bits per heavy atom. The van der Waals surface area contributed by atoms with Crippen molar-refractivity contribution in [3.8, 4) is 0 Å². The molecule has 0 aromatic heterocycles. The van der Waals surface area contributed by atoms with Crippen LogP contribution in [0.4, 0.5) is 0 Å². The molecule has 0 radical (unpaired) electrons. The molecule has 1 heterocycles. The van der Waals surface area contributed by atoms with E-state index in [0.717, 1.165) is 12.8 Å². The number of hydrogen-bond donors (Lipinski definition) is 0. The lowest BCUT2D eigenvalue weighted by Gasteiger charge is -2.04. The minimum Gasteiger partial charge on any atom is -0.363 e. The van der Waals surface area contributed by atoms with E-state index in [1.165, 1.54) is 6.08 Å². The van der Waals surface area contributed by atoms with Crippen LogP contribution in [0.25, 0.3) is 0 Å². The summed E-state index contributed by atoms with van der Waals surface area (Å²) in [5.41, 5.74) is -0.298. The van der Waals surface area contributed by atoms with Crippen LogP contribution >= 0.6 is 0 Å². The highest BCUT2D eigenvalue weighted by molar-refractivity contribution is 5.33. The first-order valence-electron chi connectivity index (χ1n) is 4.22. The fraction of sp³-hybridized carbons (Fsp3) is 0.500. The van der Waals surface area contributed by atoms with E-state index in [0.29, 0.717) is 6.54 Å². The molecule has 1 rings (SSSR count). The number of epoxide rings is 1. The van der Waals surface area contributed by atoms with Crippen LogP contribution in [0.5, 0.6) is 0 Å². The molecule has 0 aromatic carbocycles. The summed E-state index contributed by atoms with van der Waals surface area (Å²) in [6.45, 7) is 7.65. The van der Waals surface area contributed by atoms with E-state index in [2.05, 4.69) is 18.2 Å². The predicted octanol–water partition coefficient (Wildman–Crippen LogP) is 1.61. The first kappa shape index (κ1) is 9.90. The highest BCUT2D eigenvalue weighted by atomic mass is 16.6. The van der Waals surface area contributed by atoms with E-state index in [4.69, 9.17) is 4.74 Å². The summed E-state index contributed by atoms with van der Waals surface area (Å²) in [5, 5.41) is 0. The molecular formula is C10H13NO2. The zero-order valence-corrected chi connectivity index (χ0v) is 7.53. The van der Waals surface area contributed by atoms with Crippen LogP contribution in [0.2, 0.25) is 0 Å². The second kappa shape index (κ2) is 4.17. The molecule has 0 amide bonds. The van der Waals surface area contributed by atoms with Crippen molar-refractivity contribution in [2.45, 2.75) is 24.5 Å². The normalized spacial score (nSPS) is 30.3. The van der Waals surface area contributed by atoms with Crippen LogP contribution in [0.3, 0.4) is 0 Å². The smallest absolute Gasteiger partial charge is 0.235 e. The molecule has 2 unspecified atom stereocenters. The van der Waals surface area contributed by atoms with Crippen molar-refractivity contribution in [1.82, 2.24) is 0 Å². The highest BCUT2D eigenvalue weighted by Crippen LogP contribution is 2.42. The molecule has 0 saturated carbocycles. The van der Waals surface area contributed by atoms with Gasteiger partial charge in [-0.25, -0.2) is 9.79 Å². The standard InChI is InChI=1S/C10H13NO2/c1-3-5-9-10(13-9,6-4-2)7-11-8-12/h3-4,9H,1-2,5-7H2. The number of aliphatic imine (C=N–C) groups is 1. The third-order valence-electron chi connectivity index (χ3n) is 2.19. The lowest BCUT2D eigenvalue weighted by atomic mass is 9.99. The summed E-state index contributed by atoms with van der Waals surface area (Å²) in [7, 11) is 0. The highest BCUT2D eigenvalue weighted by Gasteiger charge is 2.54. The Morgan fingerprint density at radius 1 is 1.54 bits per heavy atom. The Hall–Kier alpha value is -1.18. The van der Waals surface area contributed by atoms with Crippen molar-refractivity contribution in [3.05, 3.63) is 25.3 Å². The van der Waals surface area contributed by atoms with Crippen LogP contribution in [-0.4, -0.2) is 24.3 Å². The number of isocyanates is 1. The van der Waals surface area contributed by atoms with E-state index >= 15 is 0 Å². The second-order valence-electron chi connectivity index (χ2n) is 3.10.